The lowest BCUT2D eigenvalue weighted by Gasteiger charge is -2.30. The van der Waals surface area contributed by atoms with Crippen molar-refractivity contribution in [1.29, 1.82) is 0 Å². The van der Waals surface area contributed by atoms with Gasteiger partial charge in [0.1, 0.15) is 0 Å². The molecule has 0 unspecified atom stereocenters. The number of hydrogen-bond acceptors (Lipinski definition) is 4. The molecule has 1 fully saturated rings. The fraction of sp³-hybridized carbons (Fsp3) is 0.600. The third-order valence-corrected chi connectivity index (χ3v) is 5.76. The number of anilines is 1. The summed E-state index contributed by atoms with van der Waals surface area (Å²) in [6, 6.07) is 7.53. The minimum absolute atomic E-state index is 0.117. The molecule has 0 aromatic heterocycles. The molecule has 0 heterocycles. The van der Waals surface area contributed by atoms with Gasteiger partial charge in [0.05, 0.1) is 17.3 Å². The summed E-state index contributed by atoms with van der Waals surface area (Å²) in [7, 11) is -3.14. The van der Waals surface area contributed by atoms with Crippen molar-refractivity contribution in [3.63, 3.8) is 0 Å². The van der Waals surface area contributed by atoms with Gasteiger partial charge in [0.15, 0.2) is 9.84 Å². The first-order chi connectivity index (χ1) is 9.58. The number of nitrogens with zero attached hydrogens (tertiary/aromatic N) is 1. The average molecular weight is 297 g/mol. The molecular weight excluding hydrogens is 274 g/mol. The van der Waals surface area contributed by atoms with Crippen LogP contribution in [0.5, 0.6) is 0 Å². The summed E-state index contributed by atoms with van der Waals surface area (Å²) in [5, 5.41) is 9.24. The normalized spacial score (nSPS) is 16.5. The highest BCUT2D eigenvalue weighted by Crippen LogP contribution is 2.28. The SMILES string of the molecule is CCS(=O)(=O)c1ccc(N(CCO)C2CCCC2)cc1. The molecule has 0 amide bonds. The van der Waals surface area contributed by atoms with Gasteiger partial charge in [0.2, 0.25) is 0 Å². The minimum atomic E-state index is -3.14. The average Bonchev–Trinajstić information content (AvgIpc) is 2.99. The van der Waals surface area contributed by atoms with Crippen LogP contribution in [0.3, 0.4) is 0 Å². The van der Waals surface area contributed by atoms with Crippen molar-refractivity contribution < 1.29 is 13.5 Å². The maximum atomic E-state index is 11.8. The van der Waals surface area contributed by atoms with Gasteiger partial charge < -0.3 is 10.0 Å². The number of sulfone groups is 1. The van der Waals surface area contributed by atoms with Gasteiger partial charge in [-0.25, -0.2) is 8.42 Å². The molecule has 0 radical (unpaired) electrons. The second kappa shape index (κ2) is 6.59. The first-order valence-corrected chi connectivity index (χ1v) is 8.94. The maximum absolute atomic E-state index is 11.8. The summed E-state index contributed by atoms with van der Waals surface area (Å²) in [5.74, 6) is 0.120. The highest BCUT2D eigenvalue weighted by atomic mass is 32.2. The van der Waals surface area contributed by atoms with E-state index in [0.717, 1.165) is 18.5 Å². The Hall–Kier alpha value is -1.07. The fourth-order valence-corrected chi connectivity index (χ4v) is 3.74. The number of aliphatic hydroxyl groups is 1. The van der Waals surface area contributed by atoms with Gasteiger partial charge in [-0.05, 0) is 37.1 Å². The van der Waals surface area contributed by atoms with Crippen molar-refractivity contribution in [2.24, 2.45) is 0 Å². The Morgan fingerprint density at radius 1 is 1.20 bits per heavy atom. The van der Waals surface area contributed by atoms with Gasteiger partial charge in [0.25, 0.3) is 0 Å². The maximum Gasteiger partial charge on any atom is 0.178 e. The van der Waals surface area contributed by atoms with E-state index in [0.29, 0.717) is 17.5 Å². The molecule has 1 N–H and O–H groups in total. The van der Waals surface area contributed by atoms with Crippen molar-refractivity contribution in [3.8, 4) is 0 Å². The van der Waals surface area contributed by atoms with E-state index < -0.39 is 9.84 Å². The van der Waals surface area contributed by atoms with E-state index in [1.807, 2.05) is 12.1 Å². The summed E-state index contributed by atoms with van der Waals surface area (Å²) in [6.45, 7) is 2.37. The standard InChI is InChI=1S/C15H23NO3S/c1-2-20(18,19)15-9-7-14(8-10-15)16(11-12-17)13-5-3-4-6-13/h7-10,13,17H,2-6,11-12H2,1H3. The highest BCUT2D eigenvalue weighted by Gasteiger charge is 2.22. The second-order valence-corrected chi connectivity index (χ2v) is 7.53. The van der Waals surface area contributed by atoms with Crippen LogP contribution in [0.15, 0.2) is 29.2 Å². The summed E-state index contributed by atoms with van der Waals surface area (Å²) in [6.07, 6.45) is 4.76. The Kier molecular flexibility index (Phi) is 5.05. The van der Waals surface area contributed by atoms with Gasteiger partial charge >= 0.3 is 0 Å². The first-order valence-electron chi connectivity index (χ1n) is 7.29. The minimum Gasteiger partial charge on any atom is -0.395 e. The Balaban J connectivity index is 2.21. The van der Waals surface area contributed by atoms with Crippen molar-refractivity contribution in [2.75, 3.05) is 23.8 Å². The van der Waals surface area contributed by atoms with E-state index in [4.69, 9.17) is 0 Å². The van der Waals surface area contributed by atoms with Crippen LogP contribution >= 0.6 is 0 Å². The summed E-state index contributed by atoms with van der Waals surface area (Å²) >= 11 is 0. The molecule has 0 saturated heterocycles. The molecule has 112 valence electrons. The molecule has 0 spiro atoms. The molecule has 5 heteroatoms. The molecule has 0 bridgehead atoms. The third kappa shape index (κ3) is 3.33. The largest absolute Gasteiger partial charge is 0.395 e. The highest BCUT2D eigenvalue weighted by molar-refractivity contribution is 7.91. The number of benzene rings is 1. The van der Waals surface area contributed by atoms with Crippen LogP contribution in [0.2, 0.25) is 0 Å². The predicted molar refractivity (Wildman–Crippen MR) is 80.9 cm³/mol. The Morgan fingerprint density at radius 2 is 1.80 bits per heavy atom. The second-order valence-electron chi connectivity index (χ2n) is 5.25. The Labute approximate surface area is 121 Å². The number of rotatable bonds is 6. The van der Waals surface area contributed by atoms with Crippen LogP contribution in [0.1, 0.15) is 32.6 Å². The van der Waals surface area contributed by atoms with Crippen LogP contribution < -0.4 is 4.90 Å². The zero-order valence-corrected chi connectivity index (χ0v) is 12.8. The molecule has 4 nitrogen and oxygen atoms in total. The number of aliphatic hydroxyl groups excluding tert-OH is 1. The summed E-state index contributed by atoms with van der Waals surface area (Å²) < 4.78 is 23.6. The van der Waals surface area contributed by atoms with E-state index in [1.54, 1.807) is 19.1 Å². The smallest absolute Gasteiger partial charge is 0.178 e. The molecule has 20 heavy (non-hydrogen) atoms. The Bertz CT molecular complexity index is 519. The molecule has 0 atom stereocenters. The van der Waals surface area contributed by atoms with E-state index >= 15 is 0 Å². The lowest BCUT2D eigenvalue weighted by molar-refractivity contribution is 0.297. The van der Waals surface area contributed by atoms with Gasteiger partial charge in [-0.2, -0.15) is 0 Å². The van der Waals surface area contributed by atoms with Gasteiger partial charge in [-0.1, -0.05) is 19.8 Å². The van der Waals surface area contributed by atoms with E-state index in [2.05, 4.69) is 4.90 Å². The van der Waals surface area contributed by atoms with Gasteiger partial charge in [-0.15, -0.1) is 0 Å². The molecule has 1 aromatic rings. The van der Waals surface area contributed by atoms with Crippen molar-refractivity contribution in [1.82, 2.24) is 0 Å². The van der Waals surface area contributed by atoms with Crippen LogP contribution in [-0.4, -0.2) is 38.5 Å². The monoisotopic (exact) mass is 297 g/mol. The van der Waals surface area contributed by atoms with Crippen molar-refractivity contribution in [2.45, 2.75) is 43.5 Å². The van der Waals surface area contributed by atoms with Crippen molar-refractivity contribution >= 4 is 15.5 Å². The molecule has 1 saturated carbocycles. The topological polar surface area (TPSA) is 57.6 Å². The van der Waals surface area contributed by atoms with Crippen LogP contribution in [0, 0.1) is 0 Å². The zero-order chi connectivity index (χ0) is 14.6. The summed E-state index contributed by atoms with van der Waals surface area (Å²) in [5.41, 5.74) is 1.00. The van der Waals surface area contributed by atoms with E-state index in [1.165, 1.54) is 12.8 Å². The lowest BCUT2D eigenvalue weighted by atomic mass is 10.1. The van der Waals surface area contributed by atoms with E-state index in [-0.39, 0.29) is 12.4 Å². The fourth-order valence-electron chi connectivity index (χ4n) is 2.86. The van der Waals surface area contributed by atoms with Crippen molar-refractivity contribution in [3.05, 3.63) is 24.3 Å². The van der Waals surface area contributed by atoms with E-state index in [9.17, 15) is 13.5 Å². The first kappa shape index (κ1) is 15.3. The molecule has 1 aliphatic rings. The molecule has 0 aliphatic heterocycles. The Morgan fingerprint density at radius 3 is 2.30 bits per heavy atom. The zero-order valence-electron chi connectivity index (χ0n) is 12.0. The van der Waals surface area contributed by atoms with Crippen LogP contribution in [-0.2, 0) is 9.84 Å². The lowest BCUT2D eigenvalue weighted by Crippen LogP contribution is -2.35. The van der Waals surface area contributed by atoms with Crippen LogP contribution in [0.25, 0.3) is 0 Å². The predicted octanol–water partition coefficient (Wildman–Crippen LogP) is 2.22. The van der Waals surface area contributed by atoms with Gasteiger partial charge in [-0.3, -0.25) is 0 Å². The summed E-state index contributed by atoms with van der Waals surface area (Å²) in [4.78, 5) is 2.58. The third-order valence-electron chi connectivity index (χ3n) is 4.01. The number of hydrogen-bond donors (Lipinski definition) is 1. The molecule has 1 aromatic carbocycles. The van der Waals surface area contributed by atoms with Crippen LogP contribution in [0.4, 0.5) is 5.69 Å². The molecule has 2 rings (SSSR count). The molecule has 1 aliphatic carbocycles. The van der Waals surface area contributed by atoms with Gasteiger partial charge in [0, 0.05) is 18.3 Å². The quantitative estimate of drug-likeness (QED) is 0.874. The molecular formula is C15H23NO3S.